The van der Waals surface area contributed by atoms with Gasteiger partial charge in [-0.25, -0.2) is 0 Å². The molecule has 0 aromatic carbocycles. The van der Waals surface area contributed by atoms with Crippen molar-refractivity contribution in [2.45, 2.75) is 84.2 Å². The highest BCUT2D eigenvalue weighted by Gasteiger charge is 2.52. The second kappa shape index (κ2) is 14.6. The van der Waals surface area contributed by atoms with Crippen molar-refractivity contribution in [3.63, 3.8) is 0 Å². The quantitative estimate of drug-likeness (QED) is 0.250. The summed E-state index contributed by atoms with van der Waals surface area (Å²) in [6, 6.07) is 0. The van der Waals surface area contributed by atoms with Gasteiger partial charge >= 0.3 is 5.97 Å². The van der Waals surface area contributed by atoms with E-state index in [1.807, 2.05) is 31.2 Å². The van der Waals surface area contributed by atoms with Crippen LogP contribution < -0.4 is 0 Å². The fraction of sp³-hybridized carbons (Fsp3) is 0.690. The summed E-state index contributed by atoms with van der Waals surface area (Å²) in [7, 11) is 2.93. The second-order valence-corrected chi connectivity index (χ2v) is 10.4. The lowest BCUT2D eigenvalue weighted by atomic mass is 9.85. The van der Waals surface area contributed by atoms with Gasteiger partial charge in [0.2, 0.25) is 5.79 Å². The van der Waals surface area contributed by atoms with Crippen LogP contribution in [0.4, 0.5) is 0 Å². The third-order valence-corrected chi connectivity index (χ3v) is 7.63. The normalized spacial score (nSPS) is 28.9. The molecule has 8 nitrogen and oxygen atoms in total. The van der Waals surface area contributed by atoms with E-state index in [4.69, 9.17) is 14.2 Å². The summed E-state index contributed by atoms with van der Waals surface area (Å²) in [5.74, 6) is -4.90. The molecule has 1 amide bonds. The Morgan fingerprint density at radius 1 is 1.16 bits per heavy atom. The molecule has 0 aromatic heterocycles. The molecule has 0 radical (unpaired) electrons. The molecule has 0 saturated carbocycles. The number of carbonyl (C=O) groups excluding carboxylic acids is 3. The van der Waals surface area contributed by atoms with Crippen LogP contribution in [0.15, 0.2) is 36.0 Å². The van der Waals surface area contributed by atoms with Crippen molar-refractivity contribution in [2.24, 2.45) is 17.8 Å². The Bertz CT molecular complexity index is 879. The van der Waals surface area contributed by atoms with Gasteiger partial charge in [0.1, 0.15) is 0 Å². The van der Waals surface area contributed by atoms with Gasteiger partial charge in [0, 0.05) is 32.5 Å². The number of carbonyl (C=O) groups is 3. The zero-order chi connectivity index (χ0) is 27.6. The molecule has 1 N–H and O–H groups in total. The molecule has 2 fully saturated rings. The van der Waals surface area contributed by atoms with E-state index in [1.165, 1.54) is 12.0 Å². The molecule has 0 aliphatic carbocycles. The molecule has 2 rings (SSSR count). The van der Waals surface area contributed by atoms with Crippen molar-refractivity contribution >= 4 is 17.7 Å². The molecule has 8 heteroatoms. The standard InChI is InChI=1S/C29H45NO7/c1-7-20(2)12-9-8-10-13-21(3)25(35-5)18-24-16-15-22(4)29(34,37-24)26(31)27(32)30-17-11-14-23(19-30)28(33)36-6/h8-10,12-13,20,22-25,34H,7,11,14-19H2,1-6H3/b10-8+,12-9+,21-13+/t20-,22+,23?,24-,25-,29+/m0/s1. The van der Waals surface area contributed by atoms with E-state index in [9.17, 15) is 19.5 Å². The first-order chi connectivity index (χ1) is 17.6. The lowest BCUT2D eigenvalue weighted by molar-refractivity contribution is -0.265. The van der Waals surface area contributed by atoms with Crippen LogP contribution in [0, 0.1) is 17.8 Å². The van der Waals surface area contributed by atoms with Crippen LogP contribution in [-0.2, 0) is 28.6 Å². The largest absolute Gasteiger partial charge is 0.469 e. The molecule has 2 aliphatic heterocycles. The summed E-state index contributed by atoms with van der Waals surface area (Å²) in [6.07, 6.45) is 13.3. The molecule has 2 heterocycles. The molecule has 2 saturated heterocycles. The van der Waals surface area contributed by atoms with Gasteiger partial charge in [0.15, 0.2) is 0 Å². The minimum absolute atomic E-state index is 0.0982. The lowest BCUT2D eigenvalue weighted by Gasteiger charge is -2.42. The summed E-state index contributed by atoms with van der Waals surface area (Å²) >= 11 is 0. The minimum atomic E-state index is -2.21. The first kappa shape index (κ1) is 30.9. The summed E-state index contributed by atoms with van der Waals surface area (Å²) in [6.45, 7) is 8.45. The van der Waals surface area contributed by atoms with E-state index in [1.54, 1.807) is 14.0 Å². The average Bonchev–Trinajstić information content (AvgIpc) is 2.91. The first-order valence-electron chi connectivity index (χ1n) is 13.4. The number of allylic oxidation sites excluding steroid dienone is 5. The Balaban J connectivity index is 2.06. The first-order valence-corrected chi connectivity index (χ1v) is 13.4. The summed E-state index contributed by atoms with van der Waals surface area (Å²) < 4.78 is 16.4. The number of hydrogen-bond acceptors (Lipinski definition) is 7. The van der Waals surface area contributed by atoms with Gasteiger partial charge < -0.3 is 24.2 Å². The summed E-state index contributed by atoms with van der Waals surface area (Å²) in [4.78, 5) is 39.6. The Kier molecular flexibility index (Phi) is 12.2. The van der Waals surface area contributed by atoms with E-state index < -0.39 is 41.4 Å². The number of rotatable bonds is 11. The lowest BCUT2D eigenvalue weighted by Crippen LogP contribution is -2.59. The number of piperidine rings is 1. The topological polar surface area (TPSA) is 102 Å². The Labute approximate surface area is 221 Å². The molecular formula is C29H45NO7. The predicted molar refractivity (Wildman–Crippen MR) is 141 cm³/mol. The molecule has 0 bridgehead atoms. The zero-order valence-corrected chi connectivity index (χ0v) is 23.3. The maximum atomic E-state index is 13.2. The minimum Gasteiger partial charge on any atom is -0.469 e. The van der Waals surface area contributed by atoms with Crippen LogP contribution in [0.3, 0.4) is 0 Å². The third kappa shape index (κ3) is 8.35. The molecule has 0 aromatic rings. The number of Topliss-reactive ketones (excluding diaryl/α,β-unsaturated/α-hetero) is 1. The number of amides is 1. The molecule has 0 spiro atoms. The van der Waals surface area contributed by atoms with Gasteiger partial charge in [-0.15, -0.1) is 0 Å². The van der Waals surface area contributed by atoms with E-state index in [0.717, 1.165) is 12.0 Å². The fourth-order valence-corrected chi connectivity index (χ4v) is 4.80. The summed E-state index contributed by atoms with van der Waals surface area (Å²) in [5, 5.41) is 11.3. The maximum Gasteiger partial charge on any atom is 0.310 e. The van der Waals surface area contributed by atoms with Crippen LogP contribution in [0.1, 0.15) is 66.2 Å². The fourth-order valence-electron chi connectivity index (χ4n) is 4.80. The van der Waals surface area contributed by atoms with Crippen LogP contribution in [0.25, 0.3) is 0 Å². The van der Waals surface area contributed by atoms with Gasteiger partial charge in [-0.3, -0.25) is 14.4 Å². The van der Waals surface area contributed by atoms with Gasteiger partial charge in [0.25, 0.3) is 11.7 Å². The van der Waals surface area contributed by atoms with Crippen molar-refractivity contribution in [3.8, 4) is 0 Å². The number of ketones is 1. The van der Waals surface area contributed by atoms with E-state index in [2.05, 4.69) is 19.9 Å². The van der Waals surface area contributed by atoms with Crippen LogP contribution in [-0.4, -0.2) is 73.0 Å². The van der Waals surface area contributed by atoms with E-state index >= 15 is 0 Å². The SMILES string of the molecule is CC[C@H](C)/C=C/C=C/C=C(\C)[C@H](C[C@@H]1CC[C@@H](C)[C@](O)(C(=O)C(=O)N2CCCC(C(=O)OC)C2)O1)OC. The highest BCUT2D eigenvalue weighted by atomic mass is 16.6. The summed E-state index contributed by atoms with van der Waals surface area (Å²) in [5.41, 5.74) is 0.992. The molecule has 6 atom stereocenters. The number of esters is 1. The van der Waals surface area contributed by atoms with Crippen molar-refractivity contribution in [2.75, 3.05) is 27.3 Å². The van der Waals surface area contributed by atoms with Crippen molar-refractivity contribution in [3.05, 3.63) is 36.0 Å². The number of aliphatic hydroxyl groups is 1. The highest BCUT2D eigenvalue weighted by molar-refractivity contribution is 6.38. The average molecular weight is 520 g/mol. The van der Waals surface area contributed by atoms with Gasteiger partial charge in [-0.2, -0.15) is 0 Å². The molecule has 2 aliphatic rings. The molecule has 208 valence electrons. The van der Waals surface area contributed by atoms with Crippen molar-refractivity contribution in [1.29, 1.82) is 0 Å². The smallest absolute Gasteiger partial charge is 0.310 e. The second-order valence-electron chi connectivity index (χ2n) is 10.4. The zero-order valence-electron chi connectivity index (χ0n) is 23.3. The molecular weight excluding hydrogens is 474 g/mol. The number of hydrogen-bond donors (Lipinski definition) is 1. The van der Waals surface area contributed by atoms with Crippen LogP contribution >= 0.6 is 0 Å². The highest BCUT2D eigenvalue weighted by Crippen LogP contribution is 2.36. The van der Waals surface area contributed by atoms with E-state index in [0.29, 0.717) is 44.6 Å². The van der Waals surface area contributed by atoms with Gasteiger partial charge in [-0.05, 0) is 44.1 Å². The van der Waals surface area contributed by atoms with Gasteiger partial charge in [-0.1, -0.05) is 57.6 Å². The number of ether oxygens (including phenoxy) is 3. The number of nitrogens with zero attached hydrogens (tertiary/aromatic N) is 1. The Morgan fingerprint density at radius 2 is 1.89 bits per heavy atom. The Morgan fingerprint density at radius 3 is 2.54 bits per heavy atom. The van der Waals surface area contributed by atoms with Crippen LogP contribution in [0.2, 0.25) is 0 Å². The monoisotopic (exact) mass is 519 g/mol. The van der Waals surface area contributed by atoms with Gasteiger partial charge in [0.05, 0.1) is 25.2 Å². The van der Waals surface area contributed by atoms with Crippen molar-refractivity contribution in [1.82, 2.24) is 4.90 Å². The maximum absolute atomic E-state index is 13.2. The van der Waals surface area contributed by atoms with Crippen LogP contribution in [0.5, 0.6) is 0 Å². The number of likely N-dealkylation sites (tertiary alicyclic amines) is 1. The predicted octanol–water partition coefficient (Wildman–Crippen LogP) is 3.98. The van der Waals surface area contributed by atoms with E-state index in [-0.39, 0.29) is 12.6 Å². The van der Waals surface area contributed by atoms with Crippen molar-refractivity contribution < 1.29 is 33.7 Å². The Hall–Kier alpha value is -2.29. The molecule has 37 heavy (non-hydrogen) atoms. The number of methoxy groups -OCH3 is 2. The molecule has 1 unspecified atom stereocenters. The third-order valence-electron chi connectivity index (χ3n) is 7.63.